The molecule has 5 heteroatoms. The van der Waals surface area contributed by atoms with Crippen molar-refractivity contribution in [2.45, 2.75) is 32.4 Å². The van der Waals surface area contributed by atoms with Crippen LogP contribution in [0.1, 0.15) is 38.2 Å². The first-order valence-electron chi connectivity index (χ1n) is 5.83. The Balaban J connectivity index is 2.57. The zero-order valence-corrected chi connectivity index (χ0v) is 10.2. The first kappa shape index (κ1) is 12.0. The lowest BCUT2D eigenvalue weighted by Gasteiger charge is -2.16. The molecular formula is C12H18N4O. The van der Waals surface area contributed by atoms with Crippen LogP contribution in [0.25, 0.3) is 11.0 Å². The van der Waals surface area contributed by atoms with E-state index in [0.29, 0.717) is 6.42 Å². The van der Waals surface area contributed by atoms with E-state index in [0.717, 1.165) is 16.9 Å². The molecule has 2 rings (SSSR count). The summed E-state index contributed by atoms with van der Waals surface area (Å²) in [6, 6.07) is 1.98. The van der Waals surface area contributed by atoms with E-state index in [-0.39, 0.29) is 18.7 Å². The molecule has 3 N–H and O–H groups in total. The molecule has 0 spiro atoms. The smallest absolute Gasteiger partial charge is 0.127 e. The van der Waals surface area contributed by atoms with E-state index < -0.39 is 0 Å². The highest BCUT2D eigenvalue weighted by atomic mass is 16.3. The first-order valence-corrected chi connectivity index (χ1v) is 5.83. The average molecular weight is 234 g/mol. The molecular weight excluding hydrogens is 216 g/mol. The third-order valence-electron chi connectivity index (χ3n) is 2.81. The molecule has 2 heterocycles. The summed E-state index contributed by atoms with van der Waals surface area (Å²) in [6.45, 7) is 4.26. The predicted octanol–water partition coefficient (Wildman–Crippen LogP) is 1.39. The molecule has 0 saturated heterocycles. The predicted molar refractivity (Wildman–Crippen MR) is 66.5 cm³/mol. The largest absolute Gasteiger partial charge is 0.396 e. The Morgan fingerprint density at radius 1 is 1.47 bits per heavy atom. The fraction of sp³-hybridized carbons (Fsp3) is 0.500. The van der Waals surface area contributed by atoms with Crippen LogP contribution >= 0.6 is 0 Å². The number of aliphatic hydroxyl groups excluding tert-OH is 1. The summed E-state index contributed by atoms with van der Waals surface area (Å²) < 4.78 is 2.11. The van der Waals surface area contributed by atoms with Gasteiger partial charge in [-0.15, -0.1) is 0 Å². The molecule has 1 atom stereocenters. The quantitative estimate of drug-likeness (QED) is 0.838. The standard InChI is InChI=1S/C12H18N4O/c1-8(2)16-11-3-5-14-7-10(11)15-12(16)9(13)4-6-17/h3,5,7-9,17H,4,6,13H2,1-2H3. The second-order valence-electron chi connectivity index (χ2n) is 4.42. The maximum absolute atomic E-state index is 8.97. The second-order valence-corrected chi connectivity index (χ2v) is 4.42. The van der Waals surface area contributed by atoms with Crippen molar-refractivity contribution >= 4 is 11.0 Å². The van der Waals surface area contributed by atoms with E-state index in [1.807, 2.05) is 6.07 Å². The lowest BCUT2D eigenvalue weighted by atomic mass is 10.2. The molecule has 0 fully saturated rings. The zero-order valence-electron chi connectivity index (χ0n) is 10.2. The minimum absolute atomic E-state index is 0.0702. The van der Waals surface area contributed by atoms with Crippen molar-refractivity contribution in [3.05, 3.63) is 24.3 Å². The van der Waals surface area contributed by atoms with Crippen LogP contribution in [0.15, 0.2) is 18.5 Å². The second kappa shape index (κ2) is 4.81. The van der Waals surface area contributed by atoms with Gasteiger partial charge in [-0.3, -0.25) is 4.98 Å². The summed E-state index contributed by atoms with van der Waals surface area (Å²) in [5.74, 6) is 0.817. The van der Waals surface area contributed by atoms with Gasteiger partial charge in [-0.25, -0.2) is 4.98 Å². The summed E-state index contributed by atoms with van der Waals surface area (Å²) in [6.07, 6.45) is 4.01. The van der Waals surface area contributed by atoms with Gasteiger partial charge < -0.3 is 15.4 Å². The summed E-state index contributed by atoms with van der Waals surface area (Å²) in [4.78, 5) is 8.58. The zero-order chi connectivity index (χ0) is 12.4. The molecule has 0 saturated carbocycles. The number of rotatable bonds is 4. The van der Waals surface area contributed by atoms with Gasteiger partial charge >= 0.3 is 0 Å². The monoisotopic (exact) mass is 234 g/mol. The van der Waals surface area contributed by atoms with Gasteiger partial charge in [0.1, 0.15) is 11.3 Å². The Labute approximate surface area is 100 Å². The van der Waals surface area contributed by atoms with Crippen molar-refractivity contribution in [3.8, 4) is 0 Å². The number of nitrogens with two attached hydrogens (primary N) is 1. The topological polar surface area (TPSA) is 77.0 Å². The average Bonchev–Trinajstić information content (AvgIpc) is 2.68. The number of fused-ring (bicyclic) bond motifs is 1. The molecule has 0 aliphatic rings. The lowest BCUT2D eigenvalue weighted by Crippen LogP contribution is -2.19. The van der Waals surface area contributed by atoms with Crippen LogP contribution in [0.3, 0.4) is 0 Å². The minimum atomic E-state index is -0.241. The van der Waals surface area contributed by atoms with Crippen molar-refractivity contribution in [1.29, 1.82) is 0 Å². The maximum Gasteiger partial charge on any atom is 0.127 e. The Kier molecular flexibility index (Phi) is 3.40. The van der Waals surface area contributed by atoms with E-state index in [9.17, 15) is 0 Å². The van der Waals surface area contributed by atoms with Crippen molar-refractivity contribution in [2.75, 3.05) is 6.61 Å². The molecule has 1 unspecified atom stereocenters. The molecule has 5 nitrogen and oxygen atoms in total. The van der Waals surface area contributed by atoms with Crippen LogP contribution < -0.4 is 5.73 Å². The summed E-state index contributed by atoms with van der Waals surface area (Å²) in [7, 11) is 0. The number of nitrogens with zero attached hydrogens (tertiary/aromatic N) is 3. The fourth-order valence-corrected chi connectivity index (χ4v) is 2.04. The Bertz CT molecular complexity index is 506. The van der Waals surface area contributed by atoms with Crippen LogP contribution in [0.2, 0.25) is 0 Å². The molecule has 92 valence electrons. The number of aliphatic hydroxyl groups is 1. The molecule has 0 aromatic carbocycles. The molecule has 0 radical (unpaired) electrons. The van der Waals surface area contributed by atoms with Crippen molar-refractivity contribution in [2.24, 2.45) is 5.73 Å². The molecule has 17 heavy (non-hydrogen) atoms. The van der Waals surface area contributed by atoms with Gasteiger partial charge in [0.2, 0.25) is 0 Å². The van der Waals surface area contributed by atoms with Gasteiger partial charge in [0.25, 0.3) is 0 Å². The summed E-state index contributed by atoms with van der Waals surface area (Å²) in [5, 5.41) is 8.97. The van der Waals surface area contributed by atoms with Gasteiger partial charge in [-0.05, 0) is 26.3 Å². The van der Waals surface area contributed by atoms with Crippen molar-refractivity contribution in [3.63, 3.8) is 0 Å². The van der Waals surface area contributed by atoms with Crippen LogP contribution in [-0.4, -0.2) is 26.2 Å². The van der Waals surface area contributed by atoms with E-state index in [1.165, 1.54) is 0 Å². The molecule has 0 aliphatic carbocycles. The third kappa shape index (κ3) is 2.16. The number of hydrogen-bond donors (Lipinski definition) is 2. The normalized spacial score (nSPS) is 13.5. The number of pyridine rings is 1. The Morgan fingerprint density at radius 2 is 2.24 bits per heavy atom. The van der Waals surface area contributed by atoms with E-state index in [4.69, 9.17) is 10.8 Å². The van der Waals surface area contributed by atoms with Crippen molar-refractivity contribution in [1.82, 2.24) is 14.5 Å². The van der Waals surface area contributed by atoms with Gasteiger partial charge in [0, 0.05) is 18.8 Å². The number of imidazole rings is 1. The van der Waals surface area contributed by atoms with E-state index >= 15 is 0 Å². The lowest BCUT2D eigenvalue weighted by molar-refractivity contribution is 0.273. The first-order chi connectivity index (χ1) is 8.15. The highest BCUT2D eigenvalue weighted by Crippen LogP contribution is 2.24. The summed E-state index contributed by atoms with van der Waals surface area (Å²) >= 11 is 0. The van der Waals surface area contributed by atoms with Gasteiger partial charge in [-0.1, -0.05) is 0 Å². The molecule has 2 aromatic rings. The fourth-order valence-electron chi connectivity index (χ4n) is 2.04. The van der Waals surface area contributed by atoms with Crippen LogP contribution in [0.5, 0.6) is 0 Å². The van der Waals surface area contributed by atoms with E-state index in [1.54, 1.807) is 12.4 Å². The highest BCUT2D eigenvalue weighted by Gasteiger charge is 2.18. The van der Waals surface area contributed by atoms with Crippen LogP contribution in [0.4, 0.5) is 0 Å². The molecule has 0 amide bonds. The molecule has 0 aliphatic heterocycles. The molecule has 0 bridgehead atoms. The Hall–Kier alpha value is -1.46. The highest BCUT2D eigenvalue weighted by molar-refractivity contribution is 5.75. The van der Waals surface area contributed by atoms with Gasteiger partial charge in [0.15, 0.2) is 0 Å². The SMILES string of the molecule is CC(C)n1c(C(N)CCO)nc2cnccc21. The number of aromatic nitrogens is 3. The van der Waals surface area contributed by atoms with Gasteiger partial charge in [0.05, 0.1) is 17.8 Å². The maximum atomic E-state index is 8.97. The van der Waals surface area contributed by atoms with E-state index in [2.05, 4.69) is 28.4 Å². The van der Waals surface area contributed by atoms with Gasteiger partial charge in [-0.2, -0.15) is 0 Å². The molecule has 2 aromatic heterocycles. The van der Waals surface area contributed by atoms with Crippen LogP contribution in [-0.2, 0) is 0 Å². The minimum Gasteiger partial charge on any atom is -0.396 e. The number of hydrogen-bond acceptors (Lipinski definition) is 4. The third-order valence-corrected chi connectivity index (χ3v) is 2.81. The Morgan fingerprint density at radius 3 is 2.88 bits per heavy atom. The van der Waals surface area contributed by atoms with Crippen molar-refractivity contribution < 1.29 is 5.11 Å². The van der Waals surface area contributed by atoms with Crippen LogP contribution in [0, 0.1) is 0 Å². The summed E-state index contributed by atoms with van der Waals surface area (Å²) in [5.41, 5.74) is 7.94.